The van der Waals surface area contributed by atoms with Crippen molar-refractivity contribution in [2.45, 2.75) is 0 Å². The summed E-state index contributed by atoms with van der Waals surface area (Å²) in [6, 6.07) is 9.65. The van der Waals surface area contributed by atoms with Gasteiger partial charge in [-0.25, -0.2) is 0 Å². The van der Waals surface area contributed by atoms with Crippen LogP contribution >= 0.6 is 0 Å². The molecule has 5 heteroatoms. The number of guanidine groups is 1. The summed E-state index contributed by atoms with van der Waals surface area (Å²) in [6.45, 7) is 0. The van der Waals surface area contributed by atoms with Gasteiger partial charge in [-0.3, -0.25) is 4.98 Å². The monoisotopic (exact) mass is 213 g/mol. The molecule has 0 saturated heterocycles. The molecule has 5 nitrogen and oxygen atoms in total. The minimum atomic E-state index is -0.0605. The first kappa shape index (κ1) is 10.1. The lowest BCUT2D eigenvalue weighted by atomic mass is 10.1. The van der Waals surface area contributed by atoms with Gasteiger partial charge in [0.25, 0.3) is 0 Å². The van der Waals surface area contributed by atoms with Crippen LogP contribution < -0.4 is 11.5 Å². The largest absolute Gasteiger partial charge is 0.369 e. The number of aromatic nitrogens is 1. The van der Waals surface area contributed by atoms with Gasteiger partial charge < -0.3 is 11.5 Å². The summed E-state index contributed by atoms with van der Waals surface area (Å²) in [5.74, 6) is -0.0605. The van der Waals surface area contributed by atoms with Gasteiger partial charge in [0.1, 0.15) is 0 Å². The van der Waals surface area contributed by atoms with Gasteiger partial charge in [0.15, 0.2) is 0 Å². The molecule has 2 aromatic rings. The van der Waals surface area contributed by atoms with Crippen LogP contribution in [0.25, 0.3) is 10.9 Å². The standard InChI is InChI=1S/C11H11N5/c12-11(13)16-15-7-8-5-6-14-10-4-2-1-3-9(8)10/h1-7H,(H4,12,13,16). The number of hydrogen-bond donors (Lipinski definition) is 2. The summed E-state index contributed by atoms with van der Waals surface area (Å²) in [7, 11) is 0. The SMILES string of the molecule is NC(N)=NN=Cc1ccnc2ccccc12. The molecule has 4 N–H and O–H groups in total. The zero-order valence-corrected chi connectivity index (χ0v) is 8.54. The Morgan fingerprint density at radius 1 is 1.19 bits per heavy atom. The number of hydrogen-bond acceptors (Lipinski definition) is 3. The first-order valence-corrected chi connectivity index (χ1v) is 4.73. The second-order valence-corrected chi connectivity index (χ2v) is 3.19. The van der Waals surface area contributed by atoms with Crippen LogP contribution in [0.15, 0.2) is 46.7 Å². The molecule has 0 fully saturated rings. The highest BCUT2D eigenvalue weighted by molar-refractivity contribution is 5.98. The summed E-state index contributed by atoms with van der Waals surface area (Å²) < 4.78 is 0. The van der Waals surface area contributed by atoms with Crippen LogP contribution in [0.1, 0.15) is 5.56 Å². The average molecular weight is 213 g/mol. The molecule has 80 valence electrons. The van der Waals surface area contributed by atoms with E-state index in [0.29, 0.717) is 0 Å². The van der Waals surface area contributed by atoms with E-state index in [0.717, 1.165) is 16.5 Å². The molecule has 0 aliphatic carbocycles. The number of rotatable bonds is 2. The number of nitrogens with zero attached hydrogens (tertiary/aromatic N) is 3. The van der Waals surface area contributed by atoms with E-state index in [1.54, 1.807) is 12.4 Å². The number of nitrogens with two attached hydrogens (primary N) is 2. The Bertz CT molecular complexity index is 550. The molecule has 0 radical (unpaired) electrons. The lowest BCUT2D eigenvalue weighted by Crippen LogP contribution is -2.21. The van der Waals surface area contributed by atoms with Crippen LogP contribution in [0, 0.1) is 0 Å². The van der Waals surface area contributed by atoms with Crippen LogP contribution in [0.5, 0.6) is 0 Å². The van der Waals surface area contributed by atoms with E-state index in [9.17, 15) is 0 Å². The highest BCUT2D eigenvalue weighted by atomic mass is 15.3. The fraction of sp³-hybridized carbons (Fsp3) is 0. The Kier molecular flexibility index (Phi) is 2.77. The predicted octanol–water partition coefficient (Wildman–Crippen LogP) is 0.842. The molecule has 0 aliphatic heterocycles. The predicted molar refractivity (Wildman–Crippen MR) is 65.1 cm³/mol. The summed E-state index contributed by atoms with van der Waals surface area (Å²) >= 11 is 0. The topological polar surface area (TPSA) is 89.7 Å². The lowest BCUT2D eigenvalue weighted by Gasteiger charge is -1.99. The van der Waals surface area contributed by atoms with Crippen LogP contribution in [-0.4, -0.2) is 17.2 Å². The van der Waals surface area contributed by atoms with Crippen molar-refractivity contribution in [3.8, 4) is 0 Å². The quantitative estimate of drug-likeness (QED) is 0.440. The van der Waals surface area contributed by atoms with Crippen molar-refractivity contribution >= 4 is 23.1 Å². The Morgan fingerprint density at radius 2 is 2.00 bits per heavy atom. The zero-order valence-electron chi connectivity index (χ0n) is 8.54. The van der Waals surface area contributed by atoms with Crippen molar-refractivity contribution in [3.05, 3.63) is 42.1 Å². The molecule has 2 rings (SSSR count). The fourth-order valence-electron chi connectivity index (χ4n) is 1.39. The number of pyridine rings is 1. The summed E-state index contributed by atoms with van der Waals surface area (Å²) in [5.41, 5.74) is 12.2. The van der Waals surface area contributed by atoms with E-state index in [4.69, 9.17) is 11.5 Å². The van der Waals surface area contributed by atoms with Gasteiger partial charge in [-0.2, -0.15) is 5.10 Å². The highest BCUT2D eigenvalue weighted by Gasteiger charge is 1.97. The highest BCUT2D eigenvalue weighted by Crippen LogP contribution is 2.14. The van der Waals surface area contributed by atoms with Crippen molar-refractivity contribution in [1.29, 1.82) is 0 Å². The average Bonchev–Trinajstić information content (AvgIpc) is 2.29. The van der Waals surface area contributed by atoms with Crippen LogP contribution in [0.4, 0.5) is 0 Å². The van der Waals surface area contributed by atoms with E-state index in [2.05, 4.69) is 15.2 Å². The van der Waals surface area contributed by atoms with Gasteiger partial charge in [-0.05, 0) is 12.1 Å². The number of para-hydroxylation sites is 1. The smallest absolute Gasteiger partial charge is 0.211 e. The first-order chi connectivity index (χ1) is 7.77. The van der Waals surface area contributed by atoms with Crippen molar-refractivity contribution in [1.82, 2.24) is 4.98 Å². The molecule has 16 heavy (non-hydrogen) atoms. The second kappa shape index (κ2) is 4.39. The third-order valence-corrected chi connectivity index (χ3v) is 2.05. The van der Waals surface area contributed by atoms with E-state index in [1.807, 2.05) is 30.3 Å². The van der Waals surface area contributed by atoms with Crippen LogP contribution in [0.2, 0.25) is 0 Å². The van der Waals surface area contributed by atoms with Gasteiger partial charge in [0.2, 0.25) is 5.96 Å². The molecule has 1 heterocycles. The van der Waals surface area contributed by atoms with Crippen molar-refractivity contribution in [2.24, 2.45) is 21.7 Å². The van der Waals surface area contributed by atoms with Gasteiger partial charge in [-0.15, -0.1) is 5.10 Å². The molecule has 1 aromatic heterocycles. The Balaban J connectivity index is 2.45. The Labute approximate surface area is 92.5 Å². The maximum Gasteiger partial charge on any atom is 0.211 e. The van der Waals surface area contributed by atoms with Gasteiger partial charge in [-0.1, -0.05) is 18.2 Å². The molecule has 0 aliphatic rings. The van der Waals surface area contributed by atoms with Crippen molar-refractivity contribution in [2.75, 3.05) is 0 Å². The zero-order chi connectivity index (χ0) is 11.4. The summed E-state index contributed by atoms with van der Waals surface area (Å²) in [6.07, 6.45) is 3.32. The van der Waals surface area contributed by atoms with Gasteiger partial charge >= 0.3 is 0 Å². The minimum absolute atomic E-state index is 0.0605. The number of benzene rings is 1. The summed E-state index contributed by atoms with van der Waals surface area (Å²) in [4.78, 5) is 4.24. The fourth-order valence-corrected chi connectivity index (χ4v) is 1.39. The van der Waals surface area contributed by atoms with E-state index < -0.39 is 0 Å². The molecule has 0 bridgehead atoms. The molecule has 0 amide bonds. The molecule has 0 unspecified atom stereocenters. The second-order valence-electron chi connectivity index (χ2n) is 3.19. The van der Waals surface area contributed by atoms with Gasteiger partial charge in [0.05, 0.1) is 11.7 Å². The van der Waals surface area contributed by atoms with Gasteiger partial charge in [0, 0.05) is 17.1 Å². The van der Waals surface area contributed by atoms with E-state index in [-0.39, 0.29) is 5.96 Å². The molecule has 1 aromatic carbocycles. The van der Waals surface area contributed by atoms with Crippen LogP contribution in [0.3, 0.4) is 0 Å². The van der Waals surface area contributed by atoms with Crippen molar-refractivity contribution in [3.63, 3.8) is 0 Å². The minimum Gasteiger partial charge on any atom is -0.369 e. The molecule has 0 spiro atoms. The lowest BCUT2D eigenvalue weighted by molar-refractivity contribution is 1.21. The Morgan fingerprint density at radius 3 is 2.81 bits per heavy atom. The van der Waals surface area contributed by atoms with E-state index in [1.165, 1.54) is 0 Å². The van der Waals surface area contributed by atoms with Crippen LogP contribution in [-0.2, 0) is 0 Å². The maximum absolute atomic E-state index is 5.17. The number of fused-ring (bicyclic) bond motifs is 1. The normalized spacial score (nSPS) is 10.8. The molecular weight excluding hydrogens is 202 g/mol. The molecular formula is C11H11N5. The third-order valence-electron chi connectivity index (χ3n) is 2.05. The summed E-state index contributed by atoms with van der Waals surface area (Å²) in [5, 5.41) is 8.34. The third kappa shape index (κ3) is 2.14. The molecule has 0 atom stereocenters. The maximum atomic E-state index is 5.17. The first-order valence-electron chi connectivity index (χ1n) is 4.73. The molecule has 0 saturated carbocycles. The Hall–Kier alpha value is -2.43. The van der Waals surface area contributed by atoms with Crippen molar-refractivity contribution < 1.29 is 0 Å². The van der Waals surface area contributed by atoms with E-state index >= 15 is 0 Å².